The maximum absolute atomic E-state index is 2.44. The summed E-state index contributed by atoms with van der Waals surface area (Å²) in [5, 5.41) is 5.56. The third-order valence-corrected chi connectivity index (χ3v) is 7.00. The van der Waals surface area contributed by atoms with Gasteiger partial charge < -0.3 is 0 Å². The Morgan fingerprint density at radius 2 is 1.61 bits per heavy atom. The van der Waals surface area contributed by atoms with Crippen LogP contribution in [0.4, 0.5) is 0 Å². The first-order chi connectivity index (χ1) is 13.5. The Balaban J connectivity index is 1.79. The summed E-state index contributed by atoms with van der Waals surface area (Å²) in [6.45, 7) is 9.33. The van der Waals surface area contributed by atoms with Crippen molar-refractivity contribution in [2.45, 2.75) is 40.0 Å². The van der Waals surface area contributed by atoms with E-state index in [-0.39, 0.29) is 5.41 Å². The van der Waals surface area contributed by atoms with Crippen LogP contribution in [-0.4, -0.2) is 0 Å². The van der Waals surface area contributed by atoms with Crippen molar-refractivity contribution in [3.63, 3.8) is 0 Å². The lowest BCUT2D eigenvalue weighted by atomic mass is 9.74. The van der Waals surface area contributed by atoms with Crippen LogP contribution in [0.25, 0.3) is 33.2 Å². The van der Waals surface area contributed by atoms with Gasteiger partial charge in [-0.2, -0.15) is 0 Å². The Labute approximate surface area is 168 Å². The first-order valence-electron chi connectivity index (χ1n) is 10.5. The normalized spacial score (nSPS) is 23.1. The average Bonchev–Trinajstić information content (AvgIpc) is 2.70. The van der Waals surface area contributed by atoms with Gasteiger partial charge in [0.05, 0.1) is 0 Å². The highest BCUT2D eigenvalue weighted by Gasteiger charge is 2.25. The van der Waals surface area contributed by atoms with Gasteiger partial charge in [-0.15, -0.1) is 0 Å². The fourth-order valence-corrected chi connectivity index (χ4v) is 4.83. The Hall–Kier alpha value is -2.60. The third-order valence-electron chi connectivity index (χ3n) is 7.00. The van der Waals surface area contributed by atoms with E-state index >= 15 is 0 Å². The molecule has 0 saturated heterocycles. The SMILES string of the molecule is CC1CC=Cc2c1c1cc(C3=CC(C)C(C)(C)C=C3)ccc1c1ccccc21. The van der Waals surface area contributed by atoms with Gasteiger partial charge in [0, 0.05) is 0 Å². The minimum Gasteiger partial charge on any atom is -0.0833 e. The molecule has 0 heterocycles. The van der Waals surface area contributed by atoms with Crippen molar-refractivity contribution < 1.29 is 0 Å². The summed E-state index contributed by atoms with van der Waals surface area (Å²) < 4.78 is 0. The molecule has 0 bridgehead atoms. The van der Waals surface area contributed by atoms with Gasteiger partial charge in [0.2, 0.25) is 0 Å². The van der Waals surface area contributed by atoms with Gasteiger partial charge >= 0.3 is 0 Å². The summed E-state index contributed by atoms with van der Waals surface area (Å²) in [7, 11) is 0. The van der Waals surface area contributed by atoms with Crippen LogP contribution in [0.2, 0.25) is 0 Å². The van der Waals surface area contributed by atoms with Gasteiger partial charge in [0.25, 0.3) is 0 Å². The van der Waals surface area contributed by atoms with E-state index in [2.05, 4.69) is 101 Å². The number of hydrogen-bond acceptors (Lipinski definition) is 0. The number of benzene rings is 3. The topological polar surface area (TPSA) is 0 Å². The van der Waals surface area contributed by atoms with Gasteiger partial charge in [0.15, 0.2) is 0 Å². The standard InChI is InChI=1S/C28H28/c1-18-8-7-11-25-23-10-6-5-9-22(23)24-13-12-20(17-26(24)27(18)25)21-14-15-28(3,4)19(2)16-21/h5-7,9-19H,8H2,1-4H3. The summed E-state index contributed by atoms with van der Waals surface area (Å²) >= 11 is 0. The molecule has 2 aliphatic rings. The summed E-state index contributed by atoms with van der Waals surface area (Å²) in [4.78, 5) is 0. The molecule has 0 radical (unpaired) electrons. The van der Waals surface area contributed by atoms with E-state index in [0.29, 0.717) is 11.8 Å². The molecule has 0 heteroatoms. The number of allylic oxidation sites excluding steroid dienone is 5. The Morgan fingerprint density at radius 3 is 2.39 bits per heavy atom. The van der Waals surface area contributed by atoms with E-state index in [1.807, 2.05) is 0 Å². The molecule has 0 fully saturated rings. The summed E-state index contributed by atoms with van der Waals surface area (Å²) in [6, 6.07) is 16.0. The summed E-state index contributed by atoms with van der Waals surface area (Å²) in [6.07, 6.45) is 12.9. The molecule has 0 spiro atoms. The smallest absolute Gasteiger partial charge is 0.00992 e. The fraction of sp³-hybridized carbons (Fsp3) is 0.286. The predicted molar refractivity (Wildman–Crippen MR) is 124 cm³/mol. The minimum absolute atomic E-state index is 0.231. The van der Waals surface area contributed by atoms with Crippen LogP contribution in [0.1, 0.15) is 56.7 Å². The highest BCUT2D eigenvalue weighted by atomic mass is 14.3. The van der Waals surface area contributed by atoms with Crippen LogP contribution >= 0.6 is 0 Å². The summed E-state index contributed by atoms with van der Waals surface area (Å²) in [5.41, 5.74) is 5.86. The maximum atomic E-state index is 2.44. The zero-order valence-corrected chi connectivity index (χ0v) is 17.3. The molecule has 28 heavy (non-hydrogen) atoms. The molecule has 0 nitrogen and oxygen atoms in total. The van der Waals surface area contributed by atoms with E-state index in [9.17, 15) is 0 Å². The zero-order chi connectivity index (χ0) is 19.5. The monoisotopic (exact) mass is 364 g/mol. The van der Waals surface area contributed by atoms with Crippen molar-refractivity contribution in [3.05, 3.63) is 83.5 Å². The van der Waals surface area contributed by atoms with Gasteiger partial charge in [-0.25, -0.2) is 0 Å². The molecule has 2 aliphatic carbocycles. The van der Waals surface area contributed by atoms with Crippen LogP contribution in [0.3, 0.4) is 0 Å². The van der Waals surface area contributed by atoms with Crippen molar-refractivity contribution in [2.75, 3.05) is 0 Å². The van der Waals surface area contributed by atoms with Crippen LogP contribution < -0.4 is 0 Å². The lowest BCUT2D eigenvalue weighted by molar-refractivity contribution is 0.365. The molecule has 3 aromatic rings. The molecule has 2 unspecified atom stereocenters. The number of fused-ring (bicyclic) bond motifs is 6. The number of hydrogen-bond donors (Lipinski definition) is 0. The van der Waals surface area contributed by atoms with Crippen molar-refractivity contribution in [1.29, 1.82) is 0 Å². The second-order valence-corrected chi connectivity index (χ2v) is 9.24. The molecular formula is C28H28. The Bertz CT molecular complexity index is 1180. The highest BCUT2D eigenvalue weighted by Crippen LogP contribution is 2.43. The quantitative estimate of drug-likeness (QED) is 0.382. The second-order valence-electron chi connectivity index (χ2n) is 9.24. The van der Waals surface area contributed by atoms with Gasteiger partial charge in [-0.05, 0) is 73.5 Å². The zero-order valence-electron chi connectivity index (χ0n) is 17.3. The van der Waals surface area contributed by atoms with E-state index < -0.39 is 0 Å². The molecular weight excluding hydrogens is 336 g/mol. The van der Waals surface area contributed by atoms with Gasteiger partial charge in [-0.1, -0.05) is 94.5 Å². The highest BCUT2D eigenvalue weighted by molar-refractivity contribution is 6.13. The molecule has 5 rings (SSSR count). The van der Waals surface area contributed by atoms with Crippen molar-refractivity contribution in [2.24, 2.45) is 11.3 Å². The molecule has 140 valence electrons. The molecule has 0 aromatic heterocycles. The largest absolute Gasteiger partial charge is 0.0833 e. The maximum Gasteiger partial charge on any atom is -0.00992 e. The molecule has 3 aromatic carbocycles. The molecule has 0 aliphatic heterocycles. The average molecular weight is 365 g/mol. The first-order valence-corrected chi connectivity index (χ1v) is 10.5. The Kier molecular flexibility index (Phi) is 3.88. The van der Waals surface area contributed by atoms with E-state index in [0.717, 1.165) is 6.42 Å². The molecule has 0 N–H and O–H groups in total. The first kappa shape index (κ1) is 17.5. The predicted octanol–water partition coefficient (Wildman–Crippen LogP) is 8.13. The fourth-order valence-electron chi connectivity index (χ4n) is 4.83. The van der Waals surface area contributed by atoms with Crippen molar-refractivity contribution in [1.82, 2.24) is 0 Å². The molecule has 0 amide bonds. The second kappa shape index (κ2) is 6.21. The van der Waals surface area contributed by atoms with Crippen LogP contribution in [0, 0.1) is 11.3 Å². The van der Waals surface area contributed by atoms with Crippen molar-refractivity contribution in [3.8, 4) is 0 Å². The van der Waals surface area contributed by atoms with E-state index in [4.69, 9.17) is 0 Å². The lowest BCUT2D eigenvalue weighted by Gasteiger charge is -2.30. The lowest BCUT2D eigenvalue weighted by Crippen LogP contribution is -2.19. The van der Waals surface area contributed by atoms with Crippen LogP contribution in [0.15, 0.2) is 66.8 Å². The Morgan fingerprint density at radius 1 is 0.857 bits per heavy atom. The van der Waals surface area contributed by atoms with Gasteiger partial charge in [0.1, 0.15) is 0 Å². The van der Waals surface area contributed by atoms with E-state index in [1.165, 1.54) is 43.8 Å². The third kappa shape index (κ3) is 2.58. The number of rotatable bonds is 1. The minimum atomic E-state index is 0.231. The summed E-state index contributed by atoms with van der Waals surface area (Å²) in [5.74, 6) is 1.09. The van der Waals surface area contributed by atoms with Gasteiger partial charge in [-0.3, -0.25) is 0 Å². The van der Waals surface area contributed by atoms with Crippen LogP contribution in [-0.2, 0) is 0 Å². The van der Waals surface area contributed by atoms with E-state index in [1.54, 1.807) is 0 Å². The van der Waals surface area contributed by atoms with Crippen molar-refractivity contribution >= 4 is 33.2 Å². The molecule has 2 atom stereocenters. The molecule has 0 saturated carbocycles. The van der Waals surface area contributed by atoms with Crippen LogP contribution in [0.5, 0.6) is 0 Å².